The topological polar surface area (TPSA) is 79.3 Å². The Hall–Kier alpha value is -2.69. The normalized spacial score (nSPS) is 10.4. The number of carbonyl (C=O) groups is 2. The molecular formula is C16H16N2O3. The third-order valence-electron chi connectivity index (χ3n) is 3.09. The van der Waals surface area contributed by atoms with Crippen LogP contribution in [-0.4, -0.2) is 22.0 Å². The zero-order valence-electron chi connectivity index (χ0n) is 11.8. The fourth-order valence-electron chi connectivity index (χ4n) is 1.84. The number of carbonyl (C=O) groups excluding carboxylic acids is 1. The lowest BCUT2D eigenvalue weighted by Gasteiger charge is -2.08. The summed E-state index contributed by atoms with van der Waals surface area (Å²) in [6, 6.07) is 9.98. The Kier molecular flexibility index (Phi) is 4.33. The minimum Gasteiger partial charge on any atom is -0.478 e. The van der Waals surface area contributed by atoms with Crippen molar-refractivity contribution in [3.05, 3.63) is 59.3 Å². The van der Waals surface area contributed by atoms with E-state index in [0.717, 1.165) is 5.56 Å². The zero-order chi connectivity index (χ0) is 15.4. The van der Waals surface area contributed by atoms with Gasteiger partial charge in [-0.3, -0.25) is 4.79 Å². The first-order chi connectivity index (χ1) is 9.97. The van der Waals surface area contributed by atoms with Crippen molar-refractivity contribution in [1.82, 2.24) is 4.98 Å². The molecular weight excluding hydrogens is 268 g/mol. The number of aromatic carboxylic acids is 1. The first-order valence-corrected chi connectivity index (χ1v) is 6.58. The second kappa shape index (κ2) is 6.17. The quantitative estimate of drug-likeness (QED) is 0.903. The van der Waals surface area contributed by atoms with Gasteiger partial charge >= 0.3 is 5.97 Å². The van der Waals surface area contributed by atoms with Gasteiger partial charge in [0, 0.05) is 11.8 Å². The van der Waals surface area contributed by atoms with Crippen molar-refractivity contribution >= 4 is 17.7 Å². The van der Waals surface area contributed by atoms with E-state index in [1.54, 1.807) is 12.1 Å². The molecule has 0 atom stereocenters. The lowest BCUT2D eigenvalue weighted by Crippen LogP contribution is -2.13. The van der Waals surface area contributed by atoms with Crippen molar-refractivity contribution in [2.75, 3.05) is 5.32 Å². The highest BCUT2D eigenvalue weighted by molar-refractivity contribution is 6.04. The fraction of sp³-hybridized carbons (Fsp3) is 0.188. The van der Waals surface area contributed by atoms with E-state index in [0.29, 0.717) is 11.5 Å². The summed E-state index contributed by atoms with van der Waals surface area (Å²) in [4.78, 5) is 26.9. The smallest absolute Gasteiger partial charge is 0.335 e. The number of rotatable bonds is 4. The molecule has 2 rings (SSSR count). The van der Waals surface area contributed by atoms with Gasteiger partial charge in [0.25, 0.3) is 5.91 Å². The van der Waals surface area contributed by atoms with Crippen molar-refractivity contribution in [3.63, 3.8) is 0 Å². The minimum atomic E-state index is -1.06. The predicted octanol–water partition coefficient (Wildman–Crippen LogP) is 3.16. The van der Waals surface area contributed by atoms with E-state index in [1.165, 1.54) is 18.3 Å². The number of nitrogens with one attached hydrogen (secondary N) is 1. The molecule has 1 heterocycles. The van der Waals surface area contributed by atoms with Gasteiger partial charge in [-0.25, -0.2) is 9.78 Å². The summed E-state index contributed by atoms with van der Waals surface area (Å²) in [5.41, 5.74) is 1.73. The zero-order valence-corrected chi connectivity index (χ0v) is 11.8. The lowest BCUT2D eigenvalue weighted by molar-refractivity contribution is 0.0696. The Morgan fingerprint density at radius 1 is 1.10 bits per heavy atom. The molecule has 0 fully saturated rings. The number of hydrogen-bond donors (Lipinski definition) is 2. The second-order valence-electron chi connectivity index (χ2n) is 4.97. The summed E-state index contributed by atoms with van der Waals surface area (Å²) < 4.78 is 0. The highest BCUT2D eigenvalue weighted by Gasteiger charge is 2.09. The number of pyridine rings is 1. The molecule has 2 aromatic rings. The summed E-state index contributed by atoms with van der Waals surface area (Å²) in [6.07, 6.45) is 1.35. The van der Waals surface area contributed by atoms with Gasteiger partial charge in [0.2, 0.25) is 0 Å². The van der Waals surface area contributed by atoms with Crippen molar-refractivity contribution in [2.45, 2.75) is 19.8 Å². The van der Waals surface area contributed by atoms with Gasteiger partial charge in [-0.15, -0.1) is 0 Å². The summed E-state index contributed by atoms with van der Waals surface area (Å²) in [5.74, 6) is -0.765. The lowest BCUT2D eigenvalue weighted by atomic mass is 10.0. The molecule has 0 saturated carbocycles. The van der Waals surface area contributed by atoms with Crippen molar-refractivity contribution in [3.8, 4) is 0 Å². The molecule has 2 N–H and O–H groups in total. The molecule has 0 aliphatic carbocycles. The maximum absolute atomic E-state index is 12.1. The first kappa shape index (κ1) is 14.7. The van der Waals surface area contributed by atoms with E-state index < -0.39 is 5.97 Å². The molecule has 5 nitrogen and oxygen atoms in total. The molecule has 108 valence electrons. The molecule has 0 radical (unpaired) electrons. The van der Waals surface area contributed by atoms with Crippen LogP contribution >= 0.6 is 0 Å². The van der Waals surface area contributed by atoms with Crippen molar-refractivity contribution in [1.29, 1.82) is 0 Å². The van der Waals surface area contributed by atoms with Gasteiger partial charge in [0.05, 0.1) is 5.56 Å². The number of amides is 1. The molecule has 0 aliphatic heterocycles. The summed E-state index contributed by atoms with van der Waals surface area (Å²) >= 11 is 0. The highest BCUT2D eigenvalue weighted by Crippen LogP contribution is 2.15. The summed E-state index contributed by atoms with van der Waals surface area (Å²) in [5, 5.41) is 11.5. The van der Waals surface area contributed by atoms with E-state index >= 15 is 0 Å². The Bertz CT molecular complexity index is 663. The number of benzene rings is 1. The number of hydrogen-bond acceptors (Lipinski definition) is 3. The third kappa shape index (κ3) is 3.66. The van der Waals surface area contributed by atoms with Crippen molar-refractivity contribution < 1.29 is 14.7 Å². The average molecular weight is 284 g/mol. The van der Waals surface area contributed by atoms with Crippen molar-refractivity contribution in [2.24, 2.45) is 0 Å². The Labute approximate surface area is 122 Å². The number of nitrogens with zero attached hydrogens (tertiary/aromatic N) is 1. The first-order valence-electron chi connectivity index (χ1n) is 6.58. The SMILES string of the molecule is CC(C)c1ccc(C(=O)Nc2cc(C(=O)O)ccn2)cc1. The number of carboxylic acid groups (broad SMARTS) is 1. The van der Waals surface area contributed by atoms with Crippen LogP contribution in [0, 0.1) is 0 Å². The van der Waals surface area contributed by atoms with Crippen LogP contribution in [0.4, 0.5) is 5.82 Å². The molecule has 1 aromatic heterocycles. The van der Waals surface area contributed by atoms with E-state index in [4.69, 9.17) is 5.11 Å². The third-order valence-corrected chi connectivity index (χ3v) is 3.09. The monoisotopic (exact) mass is 284 g/mol. The highest BCUT2D eigenvalue weighted by atomic mass is 16.4. The van der Waals surface area contributed by atoms with E-state index in [-0.39, 0.29) is 17.3 Å². The van der Waals surface area contributed by atoms with Gasteiger partial charge < -0.3 is 10.4 Å². The Balaban J connectivity index is 2.14. The average Bonchev–Trinajstić information content (AvgIpc) is 2.47. The van der Waals surface area contributed by atoms with Crippen LogP contribution in [0.5, 0.6) is 0 Å². The van der Waals surface area contributed by atoms with Crippen LogP contribution in [0.3, 0.4) is 0 Å². The summed E-state index contributed by atoms with van der Waals surface area (Å²) in [7, 11) is 0. The van der Waals surface area contributed by atoms with Crippen LogP contribution in [0.2, 0.25) is 0 Å². The van der Waals surface area contributed by atoms with E-state index in [9.17, 15) is 9.59 Å². The van der Waals surface area contributed by atoms with Crippen LogP contribution in [0.15, 0.2) is 42.6 Å². The molecule has 21 heavy (non-hydrogen) atoms. The molecule has 0 bridgehead atoms. The predicted molar refractivity (Wildman–Crippen MR) is 79.7 cm³/mol. The minimum absolute atomic E-state index is 0.0791. The molecule has 0 spiro atoms. The summed E-state index contributed by atoms with van der Waals surface area (Å²) in [6.45, 7) is 4.16. The molecule has 0 saturated heterocycles. The number of carboxylic acids is 1. The molecule has 5 heteroatoms. The largest absolute Gasteiger partial charge is 0.478 e. The fourth-order valence-corrected chi connectivity index (χ4v) is 1.84. The maximum Gasteiger partial charge on any atom is 0.335 e. The molecule has 1 amide bonds. The Morgan fingerprint density at radius 3 is 2.33 bits per heavy atom. The van der Waals surface area contributed by atoms with Gasteiger partial charge in [0.15, 0.2) is 0 Å². The molecule has 0 unspecified atom stereocenters. The number of anilines is 1. The van der Waals surface area contributed by atoms with Crippen LogP contribution < -0.4 is 5.32 Å². The Morgan fingerprint density at radius 2 is 1.76 bits per heavy atom. The van der Waals surface area contributed by atoms with E-state index in [1.807, 2.05) is 12.1 Å². The van der Waals surface area contributed by atoms with Gasteiger partial charge in [-0.1, -0.05) is 26.0 Å². The molecule has 1 aromatic carbocycles. The van der Waals surface area contributed by atoms with Crippen LogP contribution in [0.25, 0.3) is 0 Å². The van der Waals surface area contributed by atoms with Gasteiger partial charge in [0.1, 0.15) is 5.82 Å². The second-order valence-corrected chi connectivity index (χ2v) is 4.97. The van der Waals surface area contributed by atoms with Crippen LogP contribution in [0.1, 0.15) is 46.0 Å². The molecule has 0 aliphatic rings. The standard InChI is InChI=1S/C16H16N2O3/c1-10(2)11-3-5-12(6-4-11)15(19)18-14-9-13(16(20)21)7-8-17-14/h3-10H,1-2H3,(H,20,21)(H,17,18,19). The van der Waals surface area contributed by atoms with Gasteiger partial charge in [-0.2, -0.15) is 0 Å². The van der Waals surface area contributed by atoms with Gasteiger partial charge in [-0.05, 0) is 35.7 Å². The van der Waals surface area contributed by atoms with Crippen LogP contribution in [-0.2, 0) is 0 Å². The maximum atomic E-state index is 12.1. The van der Waals surface area contributed by atoms with E-state index in [2.05, 4.69) is 24.1 Å². The number of aromatic nitrogens is 1.